The van der Waals surface area contributed by atoms with Gasteiger partial charge in [-0.25, -0.2) is 0 Å². The molecule has 0 amide bonds. The van der Waals surface area contributed by atoms with Crippen LogP contribution < -0.4 is 20.1 Å². The summed E-state index contributed by atoms with van der Waals surface area (Å²) in [5.74, 6) is 4.86. The highest BCUT2D eigenvalue weighted by Crippen LogP contribution is 2.16. The van der Waals surface area contributed by atoms with Gasteiger partial charge in [0.15, 0.2) is 5.96 Å². The van der Waals surface area contributed by atoms with Crippen molar-refractivity contribution in [2.75, 3.05) is 27.3 Å². The average Bonchev–Trinajstić information content (AvgIpc) is 2.70. The van der Waals surface area contributed by atoms with Crippen molar-refractivity contribution >= 4 is 5.96 Å². The molecule has 0 aliphatic rings. The van der Waals surface area contributed by atoms with Gasteiger partial charge in [0, 0.05) is 25.7 Å². The van der Waals surface area contributed by atoms with Crippen LogP contribution >= 0.6 is 0 Å². The zero-order chi connectivity index (χ0) is 18.6. The number of para-hydroxylation sites is 1. The third kappa shape index (κ3) is 6.06. The number of terminal acetylenes is 1. The van der Waals surface area contributed by atoms with Gasteiger partial charge in [-0.1, -0.05) is 36.3 Å². The van der Waals surface area contributed by atoms with Gasteiger partial charge in [-0.2, -0.15) is 0 Å². The van der Waals surface area contributed by atoms with E-state index < -0.39 is 0 Å². The number of methoxy groups -OCH3 is 1. The van der Waals surface area contributed by atoms with Crippen molar-refractivity contribution in [2.45, 2.75) is 13.0 Å². The number of guanidine groups is 1. The van der Waals surface area contributed by atoms with Crippen molar-refractivity contribution in [3.63, 3.8) is 0 Å². The van der Waals surface area contributed by atoms with Crippen molar-refractivity contribution in [2.24, 2.45) is 4.99 Å². The zero-order valence-electron chi connectivity index (χ0n) is 15.3. The second kappa shape index (κ2) is 10.7. The summed E-state index contributed by atoms with van der Waals surface area (Å²) in [4.78, 5) is 4.25. The van der Waals surface area contributed by atoms with E-state index in [1.807, 2.05) is 48.5 Å². The lowest BCUT2D eigenvalue weighted by Crippen LogP contribution is -2.37. The molecule has 0 saturated heterocycles. The molecule has 2 rings (SSSR count). The Balaban J connectivity index is 1.77. The van der Waals surface area contributed by atoms with Crippen LogP contribution in [0.2, 0.25) is 0 Å². The number of benzene rings is 2. The van der Waals surface area contributed by atoms with Crippen LogP contribution in [0.4, 0.5) is 0 Å². The van der Waals surface area contributed by atoms with E-state index in [-0.39, 0.29) is 6.61 Å². The van der Waals surface area contributed by atoms with E-state index in [1.54, 1.807) is 14.2 Å². The molecule has 2 aromatic rings. The number of rotatable bonds is 8. The fourth-order valence-corrected chi connectivity index (χ4v) is 2.45. The Morgan fingerprint density at radius 2 is 1.88 bits per heavy atom. The summed E-state index contributed by atoms with van der Waals surface area (Å²) in [7, 11) is 3.43. The molecule has 5 heteroatoms. The third-order valence-electron chi connectivity index (χ3n) is 3.81. The van der Waals surface area contributed by atoms with Gasteiger partial charge in [0.25, 0.3) is 0 Å². The molecule has 0 saturated carbocycles. The van der Waals surface area contributed by atoms with E-state index in [0.29, 0.717) is 6.54 Å². The first kappa shape index (κ1) is 19.2. The molecule has 0 atom stereocenters. The fourth-order valence-electron chi connectivity index (χ4n) is 2.45. The Bertz CT molecular complexity index is 749. The smallest absolute Gasteiger partial charge is 0.191 e. The molecule has 2 N–H and O–H groups in total. The fraction of sp³-hybridized carbons (Fsp3) is 0.286. The Kier molecular flexibility index (Phi) is 7.88. The lowest BCUT2D eigenvalue weighted by atomic mass is 10.1. The molecule has 0 aromatic heterocycles. The molecule has 0 unspecified atom stereocenters. The molecule has 0 bridgehead atoms. The van der Waals surface area contributed by atoms with Crippen LogP contribution in [-0.2, 0) is 13.0 Å². The first-order valence-corrected chi connectivity index (χ1v) is 8.48. The van der Waals surface area contributed by atoms with Crippen molar-refractivity contribution in [3.05, 3.63) is 59.7 Å². The number of hydrogen-bond donors (Lipinski definition) is 2. The summed E-state index contributed by atoms with van der Waals surface area (Å²) in [6.07, 6.45) is 6.06. The minimum atomic E-state index is 0.287. The van der Waals surface area contributed by atoms with Crippen LogP contribution in [0, 0.1) is 12.3 Å². The summed E-state index contributed by atoms with van der Waals surface area (Å²) in [6.45, 7) is 1.70. The van der Waals surface area contributed by atoms with E-state index in [2.05, 4.69) is 21.5 Å². The highest BCUT2D eigenvalue weighted by molar-refractivity contribution is 5.79. The summed E-state index contributed by atoms with van der Waals surface area (Å²) in [5.41, 5.74) is 2.30. The number of aliphatic imine (C=N–C) groups is 1. The Morgan fingerprint density at radius 3 is 2.58 bits per heavy atom. The lowest BCUT2D eigenvalue weighted by molar-refractivity contribution is 0.370. The highest BCUT2D eigenvalue weighted by atomic mass is 16.5. The zero-order valence-corrected chi connectivity index (χ0v) is 15.3. The molecule has 0 fully saturated rings. The molecule has 0 aliphatic heterocycles. The predicted molar refractivity (Wildman–Crippen MR) is 106 cm³/mol. The van der Waals surface area contributed by atoms with E-state index in [0.717, 1.165) is 36.0 Å². The summed E-state index contributed by atoms with van der Waals surface area (Å²) < 4.78 is 10.7. The van der Waals surface area contributed by atoms with E-state index in [4.69, 9.17) is 15.9 Å². The Hall–Kier alpha value is -3.13. The van der Waals surface area contributed by atoms with E-state index in [9.17, 15) is 0 Å². The van der Waals surface area contributed by atoms with Crippen molar-refractivity contribution in [3.8, 4) is 23.8 Å². The lowest BCUT2D eigenvalue weighted by Gasteiger charge is -2.14. The van der Waals surface area contributed by atoms with Crippen molar-refractivity contribution in [1.82, 2.24) is 10.6 Å². The summed E-state index contributed by atoms with van der Waals surface area (Å²) >= 11 is 0. The SMILES string of the molecule is C#CCOc1ccc(CCNC(=NC)NCc2ccccc2OC)cc1. The van der Waals surface area contributed by atoms with Crippen LogP contribution in [0.25, 0.3) is 0 Å². The predicted octanol–water partition coefficient (Wildman–Crippen LogP) is 2.61. The normalized spacial score (nSPS) is 10.7. The van der Waals surface area contributed by atoms with Crippen LogP contribution in [0.15, 0.2) is 53.5 Å². The minimum Gasteiger partial charge on any atom is -0.496 e. The Labute approximate surface area is 155 Å². The largest absolute Gasteiger partial charge is 0.496 e. The van der Waals surface area contributed by atoms with Gasteiger partial charge in [-0.15, -0.1) is 6.42 Å². The maximum absolute atomic E-state index is 5.37. The van der Waals surface area contributed by atoms with E-state index >= 15 is 0 Å². The van der Waals surface area contributed by atoms with Gasteiger partial charge in [0.05, 0.1) is 7.11 Å². The van der Waals surface area contributed by atoms with Crippen LogP contribution in [0.1, 0.15) is 11.1 Å². The molecule has 26 heavy (non-hydrogen) atoms. The standard InChI is InChI=1S/C21H25N3O2/c1-4-15-26-19-11-9-17(10-12-19)13-14-23-21(22-2)24-16-18-7-5-6-8-20(18)25-3/h1,5-12H,13-16H2,2-3H3,(H2,22,23,24). The maximum Gasteiger partial charge on any atom is 0.191 e. The minimum absolute atomic E-state index is 0.287. The number of ether oxygens (including phenoxy) is 2. The summed E-state index contributed by atoms with van der Waals surface area (Å²) in [5, 5.41) is 6.61. The maximum atomic E-state index is 5.37. The highest BCUT2D eigenvalue weighted by Gasteiger charge is 2.03. The molecule has 5 nitrogen and oxygen atoms in total. The molecule has 2 aromatic carbocycles. The molecule has 0 heterocycles. The van der Waals surface area contributed by atoms with Crippen molar-refractivity contribution in [1.29, 1.82) is 0 Å². The van der Waals surface area contributed by atoms with Gasteiger partial charge in [0.1, 0.15) is 18.1 Å². The first-order chi connectivity index (χ1) is 12.8. The second-order valence-electron chi connectivity index (χ2n) is 5.55. The topological polar surface area (TPSA) is 54.9 Å². The number of nitrogens with zero attached hydrogens (tertiary/aromatic N) is 1. The summed E-state index contributed by atoms with van der Waals surface area (Å²) in [6, 6.07) is 15.9. The van der Waals surface area contributed by atoms with Crippen LogP contribution in [-0.4, -0.2) is 33.3 Å². The van der Waals surface area contributed by atoms with Crippen LogP contribution in [0.5, 0.6) is 11.5 Å². The quantitative estimate of drug-likeness (QED) is 0.436. The second-order valence-corrected chi connectivity index (χ2v) is 5.55. The van der Waals surface area contributed by atoms with E-state index in [1.165, 1.54) is 5.56 Å². The first-order valence-electron chi connectivity index (χ1n) is 8.48. The number of hydrogen-bond acceptors (Lipinski definition) is 3. The van der Waals surface area contributed by atoms with Gasteiger partial charge in [-0.05, 0) is 30.2 Å². The monoisotopic (exact) mass is 351 g/mol. The Morgan fingerprint density at radius 1 is 1.12 bits per heavy atom. The molecule has 0 spiro atoms. The average molecular weight is 351 g/mol. The van der Waals surface area contributed by atoms with Gasteiger partial charge >= 0.3 is 0 Å². The van der Waals surface area contributed by atoms with Gasteiger partial charge in [0.2, 0.25) is 0 Å². The van der Waals surface area contributed by atoms with Crippen molar-refractivity contribution < 1.29 is 9.47 Å². The molecule has 0 aliphatic carbocycles. The third-order valence-corrected chi connectivity index (χ3v) is 3.81. The number of nitrogens with one attached hydrogen (secondary N) is 2. The molecular weight excluding hydrogens is 326 g/mol. The van der Waals surface area contributed by atoms with Gasteiger partial charge in [-0.3, -0.25) is 4.99 Å². The van der Waals surface area contributed by atoms with Gasteiger partial charge < -0.3 is 20.1 Å². The molecule has 0 radical (unpaired) electrons. The van der Waals surface area contributed by atoms with Crippen LogP contribution in [0.3, 0.4) is 0 Å². The molecule has 136 valence electrons. The molecular formula is C21H25N3O2.